The van der Waals surface area contributed by atoms with E-state index in [0.717, 1.165) is 48.1 Å². The molecule has 2 aliphatic rings. The maximum atomic E-state index is 13.5. The Labute approximate surface area is 374 Å². The third kappa shape index (κ3) is 11.8. The summed E-state index contributed by atoms with van der Waals surface area (Å²) < 4.78 is 32.9. The molecule has 0 aliphatic carbocycles. The van der Waals surface area contributed by atoms with Crippen LogP contribution in [0.4, 0.5) is 17.1 Å². The molecule has 4 N–H and O–H groups in total. The molecule has 0 spiro atoms. The lowest BCUT2D eigenvalue weighted by atomic mass is 9.87. The zero-order valence-electron chi connectivity index (χ0n) is 36.3. The molecule has 2 aliphatic heterocycles. The number of rotatable bonds is 22. The van der Waals surface area contributed by atoms with E-state index in [2.05, 4.69) is 33.0 Å². The number of aliphatic imine (C=N–C) groups is 2. The Bertz CT molecular complexity index is 2400. The number of para-hydroxylation sites is 1. The minimum Gasteiger partial charge on any atom is -0.489 e. The van der Waals surface area contributed by atoms with E-state index < -0.39 is 44.8 Å². The summed E-state index contributed by atoms with van der Waals surface area (Å²) in [6.07, 6.45) is 6.92. The summed E-state index contributed by atoms with van der Waals surface area (Å²) in [5, 5.41) is 10.9. The first-order valence-corrected chi connectivity index (χ1v) is 23.1. The van der Waals surface area contributed by atoms with Crippen molar-refractivity contribution >= 4 is 81.1 Å². The van der Waals surface area contributed by atoms with E-state index in [-0.39, 0.29) is 51.8 Å². The van der Waals surface area contributed by atoms with E-state index in [0.29, 0.717) is 48.7 Å². The van der Waals surface area contributed by atoms with Crippen LogP contribution in [0.1, 0.15) is 117 Å². The molecule has 1 fully saturated rings. The molecule has 0 aromatic heterocycles. The van der Waals surface area contributed by atoms with Crippen molar-refractivity contribution in [3.05, 3.63) is 88.1 Å². The van der Waals surface area contributed by atoms with Gasteiger partial charge in [-0.25, -0.2) is 13.4 Å². The molecule has 3 aromatic carbocycles. The van der Waals surface area contributed by atoms with Crippen LogP contribution in [0.5, 0.6) is 5.75 Å². The van der Waals surface area contributed by atoms with Crippen molar-refractivity contribution in [1.82, 2.24) is 15.5 Å². The first-order valence-electron chi connectivity index (χ1n) is 21.2. The third-order valence-corrected chi connectivity index (χ3v) is 13.4. The Kier molecular flexibility index (Phi) is 16.8. The Balaban J connectivity index is 1.29. The Hall–Kier alpha value is -5.87. The molecule has 336 valence electrons. The van der Waals surface area contributed by atoms with Crippen LogP contribution in [0.25, 0.3) is 0 Å². The number of ether oxygens (including phenoxy) is 1. The number of benzene rings is 3. The SMILES string of the molecule is C=N/C=C(Cl)\C(=N/c1cc(C)c(C(CCCCCCNc2cccc3c2C(=O)N(C2CCC(=O)NC2=O)C3=O)CCNC=O)cc1OC(C)C)Nc1ccccc1S(=O)(=O)C(C)C. The maximum Gasteiger partial charge on any atom is 0.264 e. The van der Waals surface area contributed by atoms with Gasteiger partial charge in [0, 0.05) is 31.4 Å². The highest BCUT2D eigenvalue weighted by Gasteiger charge is 2.45. The fourth-order valence-electron chi connectivity index (χ4n) is 7.69. The number of halogens is 1. The van der Waals surface area contributed by atoms with Crippen molar-refractivity contribution in [3.63, 3.8) is 0 Å². The molecule has 2 atom stereocenters. The molecule has 5 amide bonds. The van der Waals surface area contributed by atoms with Crippen molar-refractivity contribution in [2.75, 3.05) is 23.7 Å². The van der Waals surface area contributed by atoms with Crippen molar-refractivity contribution in [2.24, 2.45) is 9.98 Å². The molecule has 15 nitrogen and oxygen atoms in total. The van der Waals surface area contributed by atoms with Gasteiger partial charge in [0.2, 0.25) is 18.2 Å². The van der Waals surface area contributed by atoms with E-state index in [4.69, 9.17) is 21.3 Å². The van der Waals surface area contributed by atoms with Gasteiger partial charge >= 0.3 is 0 Å². The summed E-state index contributed by atoms with van der Waals surface area (Å²) in [7, 11) is -3.67. The molecular weight excluding hydrogens is 846 g/mol. The van der Waals surface area contributed by atoms with Gasteiger partial charge in [-0.05, 0) is 120 Å². The molecule has 5 rings (SSSR count). The number of carbonyl (C=O) groups excluding carboxylic acids is 5. The van der Waals surface area contributed by atoms with E-state index >= 15 is 0 Å². The number of sulfone groups is 1. The molecule has 63 heavy (non-hydrogen) atoms. The number of nitrogens with zero attached hydrogens (tertiary/aromatic N) is 3. The topological polar surface area (TPSA) is 205 Å². The smallest absolute Gasteiger partial charge is 0.264 e. The first kappa shape index (κ1) is 48.2. The molecule has 0 saturated carbocycles. The van der Waals surface area contributed by atoms with Crippen molar-refractivity contribution in [3.8, 4) is 5.75 Å². The first-order chi connectivity index (χ1) is 30.1. The lowest BCUT2D eigenvalue weighted by Gasteiger charge is -2.27. The number of piperidine rings is 1. The van der Waals surface area contributed by atoms with Crippen molar-refractivity contribution < 1.29 is 37.1 Å². The fraction of sp³-hybridized carbons (Fsp3) is 0.413. The van der Waals surface area contributed by atoms with Gasteiger partial charge < -0.3 is 20.7 Å². The lowest BCUT2D eigenvalue weighted by Crippen LogP contribution is -2.54. The zero-order valence-corrected chi connectivity index (χ0v) is 37.9. The highest BCUT2D eigenvalue weighted by Crippen LogP contribution is 2.39. The molecule has 0 bridgehead atoms. The monoisotopic (exact) mass is 901 g/mol. The predicted molar refractivity (Wildman–Crippen MR) is 246 cm³/mol. The summed E-state index contributed by atoms with van der Waals surface area (Å²) in [4.78, 5) is 71.9. The lowest BCUT2D eigenvalue weighted by molar-refractivity contribution is -0.136. The summed E-state index contributed by atoms with van der Waals surface area (Å²) in [5.74, 6) is -1.48. The average molecular weight is 903 g/mol. The van der Waals surface area contributed by atoms with Gasteiger partial charge in [0.05, 0.1) is 33.1 Å². The second-order valence-electron chi connectivity index (χ2n) is 16.0. The largest absolute Gasteiger partial charge is 0.489 e. The van der Waals surface area contributed by atoms with Crippen LogP contribution in [0.2, 0.25) is 0 Å². The quantitative estimate of drug-likeness (QED) is 0.0256. The molecule has 3 aromatic rings. The molecule has 2 unspecified atom stereocenters. The van der Waals surface area contributed by atoms with Crippen LogP contribution in [0.15, 0.2) is 80.7 Å². The molecular formula is C46H56ClN7O8S. The van der Waals surface area contributed by atoms with Crippen molar-refractivity contribution in [1.29, 1.82) is 0 Å². The highest BCUT2D eigenvalue weighted by atomic mass is 35.5. The number of amidine groups is 1. The second-order valence-corrected chi connectivity index (χ2v) is 18.9. The summed E-state index contributed by atoms with van der Waals surface area (Å²) in [5.41, 5.74) is 3.72. The second kappa shape index (κ2) is 22.0. The third-order valence-electron chi connectivity index (χ3n) is 10.9. The maximum absolute atomic E-state index is 13.5. The van der Waals surface area contributed by atoms with Crippen LogP contribution in [-0.4, -0.2) is 86.4 Å². The minimum absolute atomic E-state index is 0.0504. The zero-order chi connectivity index (χ0) is 45.8. The molecule has 2 heterocycles. The highest BCUT2D eigenvalue weighted by molar-refractivity contribution is 7.92. The normalized spacial score (nSPS) is 16.3. The van der Waals surface area contributed by atoms with Gasteiger partial charge in [-0.15, -0.1) is 0 Å². The van der Waals surface area contributed by atoms with Crippen LogP contribution >= 0.6 is 11.6 Å². The molecule has 1 saturated heterocycles. The Morgan fingerprint density at radius 2 is 1.70 bits per heavy atom. The number of anilines is 2. The van der Waals surface area contributed by atoms with Crippen LogP contribution in [0.3, 0.4) is 0 Å². The number of hydrogen-bond donors (Lipinski definition) is 4. The van der Waals surface area contributed by atoms with Crippen LogP contribution in [-0.2, 0) is 24.2 Å². The van der Waals surface area contributed by atoms with Gasteiger partial charge in [-0.1, -0.05) is 49.1 Å². The summed E-state index contributed by atoms with van der Waals surface area (Å²) >= 11 is 6.69. The minimum atomic E-state index is -3.67. The number of hydrogen-bond acceptors (Lipinski definition) is 11. The average Bonchev–Trinajstić information content (AvgIpc) is 3.49. The van der Waals surface area contributed by atoms with Gasteiger partial charge in [-0.2, -0.15) is 0 Å². The number of unbranched alkanes of at least 4 members (excludes halogenated alkanes) is 3. The van der Waals surface area contributed by atoms with Gasteiger partial charge in [0.1, 0.15) is 22.5 Å². The Morgan fingerprint density at radius 1 is 0.968 bits per heavy atom. The van der Waals surface area contributed by atoms with E-state index in [1.54, 1.807) is 50.2 Å². The van der Waals surface area contributed by atoms with Crippen molar-refractivity contribution in [2.45, 2.75) is 114 Å². The van der Waals surface area contributed by atoms with E-state index in [1.165, 1.54) is 12.3 Å². The number of amides is 5. The standard InChI is InChI=1S/C46H56ClN7O8S/c1-28(2)62-39-25-33(30(5)24-37(39)52-43(34(47)26-48-6)51-35-16-10-11-18-40(35)63(60,61)29(3)4)31(21-23-49-27-55)14-9-7-8-12-22-50-36-17-13-15-32-42(36)46(59)54(45(32)58)38-19-20-41(56)53-44(38)57/h10-11,13,15-18,24-29,31,38,50H,6-9,12,14,19-23H2,1-5H3,(H,49,55)(H,51,52)(H,53,56,57)/b34-26+. The van der Waals surface area contributed by atoms with Gasteiger partial charge in [-0.3, -0.25) is 39.2 Å². The van der Waals surface area contributed by atoms with E-state index in [9.17, 15) is 32.4 Å². The number of imide groups is 2. The molecule has 17 heteroatoms. The Morgan fingerprint density at radius 3 is 2.40 bits per heavy atom. The number of carbonyl (C=O) groups is 5. The fourth-order valence-corrected chi connectivity index (χ4v) is 9.05. The predicted octanol–water partition coefficient (Wildman–Crippen LogP) is 7.57. The van der Waals surface area contributed by atoms with Crippen LogP contribution < -0.4 is 26.0 Å². The summed E-state index contributed by atoms with van der Waals surface area (Å²) in [6, 6.07) is 14.4. The van der Waals surface area contributed by atoms with E-state index in [1.807, 2.05) is 32.9 Å². The van der Waals surface area contributed by atoms with Gasteiger partial charge in [0.25, 0.3) is 11.8 Å². The molecule has 0 radical (unpaired) electrons. The van der Waals surface area contributed by atoms with Crippen LogP contribution in [0, 0.1) is 6.92 Å². The number of aryl methyl sites for hydroxylation is 1. The number of nitrogens with one attached hydrogen (secondary N) is 4. The summed E-state index contributed by atoms with van der Waals surface area (Å²) in [6.45, 7) is 13.6. The number of fused-ring (bicyclic) bond motifs is 1. The van der Waals surface area contributed by atoms with Gasteiger partial charge in [0.15, 0.2) is 15.7 Å².